The average Bonchev–Trinajstić information content (AvgIpc) is 2.94. The zero-order valence-corrected chi connectivity index (χ0v) is 13.9. The molecular formula is C18H26N2O3. The summed E-state index contributed by atoms with van der Waals surface area (Å²) in [5.41, 5.74) is 1.75. The van der Waals surface area contributed by atoms with E-state index < -0.39 is 6.10 Å². The number of carbonyl (C=O) groups excluding carboxylic acids is 2. The highest BCUT2D eigenvalue weighted by atomic mass is 16.3. The zero-order valence-electron chi connectivity index (χ0n) is 13.9. The summed E-state index contributed by atoms with van der Waals surface area (Å²) in [5, 5.41) is 12.8. The quantitative estimate of drug-likeness (QED) is 0.846. The van der Waals surface area contributed by atoms with Gasteiger partial charge in [0.1, 0.15) is 0 Å². The summed E-state index contributed by atoms with van der Waals surface area (Å²) >= 11 is 0. The molecule has 5 heteroatoms. The molecule has 0 bridgehead atoms. The summed E-state index contributed by atoms with van der Waals surface area (Å²) in [5.74, 6) is -0.654. The Morgan fingerprint density at radius 1 is 1.30 bits per heavy atom. The van der Waals surface area contributed by atoms with Crippen LogP contribution in [-0.4, -0.2) is 41.0 Å². The van der Waals surface area contributed by atoms with Crippen LogP contribution >= 0.6 is 0 Å². The van der Waals surface area contributed by atoms with Crippen LogP contribution in [0.1, 0.15) is 38.2 Å². The van der Waals surface area contributed by atoms with Gasteiger partial charge in [0, 0.05) is 12.2 Å². The number of aliphatic hydroxyl groups is 1. The number of anilines is 1. The van der Waals surface area contributed by atoms with Crippen LogP contribution in [0.5, 0.6) is 0 Å². The number of nitrogens with zero attached hydrogens (tertiary/aromatic N) is 1. The Morgan fingerprint density at radius 2 is 2.04 bits per heavy atom. The van der Waals surface area contributed by atoms with Gasteiger partial charge in [0.15, 0.2) is 0 Å². The Balaban J connectivity index is 1.99. The lowest BCUT2D eigenvalue weighted by atomic mass is 10.0. The number of aliphatic hydroxyl groups excluding tert-OH is 1. The van der Waals surface area contributed by atoms with Crippen molar-refractivity contribution in [2.24, 2.45) is 5.92 Å². The number of para-hydroxylation sites is 1. The molecule has 126 valence electrons. The van der Waals surface area contributed by atoms with Crippen molar-refractivity contribution in [1.82, 2.24) is 4.90 Å². The van der Waals surface area contributed by atoms with Crippen molar-refractivity contribution in [2.45, 2.75) is 45.6 Å². The van der Waals surface area contributed by atoms with E-state index >= 15 is 0 Å². The van der Waals surface area contributed by atoms with E-state index in [2.05, 4.69) is 5.32 Å². The molecule has 2 amide bonds. The Hall–Kier alpha value is -1.88. The van der Waals surface area contributed by atoms with Crippen molar-refractivity contribution in [1.29, 1.82) is 0 Å². The molecule has 1 fully saturated rings. The summed E-state index contributed by atoms with van der Waals surface area (Å²) in [4.78, 5) is 26.4. The maximum absolute atomic E-state index is 12.6. The van der Waals surface area contributed by atoms with Gasteiger partial charge in [0.25, 0.3) is 0 Å². The van der Waals surface area contributed by atoms with Crippen LogP contribution in [-0.2, 0) is 9.59 Å². The third-order valence-electron chi connectivity index (χ3n) is 4.36. The second-order valence-corrected chi connectivity index (χ2v) is 6.23. The molecule has 0 aromatic heterocycles. The fourth-order valence-corrected chi connectivity index (χ4v) is 3.08. The lowest BCUT2D eigenvalue weighted by Gasteiger charge is -2.26. The molecule has 2 unspecified atom stereocenters. The monoisotopic (exact) mass is 318 g/mol. The molecular weight excluding hydrogens is 292 g/mol. The lowest BCUT2D eigenvalue weighted by molar-refractivity contribution is -0.140. The van der Waals surface area contributed by atoms with E-state index in [1.807, 2.05) is 38.1 Å². The smallest absolute Gasteiger partial charge is 0.244 e. The number of rotatable bonds is 6. The number of benzene rings is 1. The van der Waals surface area contributed by atoms with Crippen LogP contribution in [0.15, 0.2) is 24.3 Å². The number of amides is 2. The highest BCUT2D eigenvalue weighted by Crippen LogP contribution is 2.27. The highest BCUT2D eigenvalue weighted by molar-refractivity contribution is 5.95. The van der Waals surface area contributed by atoms with Gasteiger partial charge in [0.05, 0.1) is 18.6 Å². The van der Waals surface area contributed by atoms with Crippen molar-refractivity contribution in [3.05, 3.63) is 29.8 Å². The summed E-state index contributed by atoms with van der Waals surface area (Å²) in [6, 6.07) is 7.56. The van der Waals surface area contributed by atoms with Gasteiger partial charge in [-0.2, -0.15) is 0 Å². The molecule has 1 aromatic carbocycles. The number of aryl methyl sites for hydroxylation is 1. The standard InChI is InChI=1S/C18H26N2O3/c1-3-11-20(18(23)14-8-6-10-16(14)21)12-17(22)19-15-9-5-4-7-13(15)2/h4-5,7,9,14,16,21H,3,6,8,10-12H2,1-2H3,(H,19,22). The molecule has 1 saturated carbocycles. The molecule has 0 heterocycles. The minimum atomic E-state index is -0.568. The first-order valence-electron chi connectivity index (χ1n) is 8.35. The first-order chi connectivity index (χ1) is 11.0. The van der Waals surface area contributed by atoms with E-state index in [1.54, 1.807) is 4.90 Å². The molecule has 5 nitrogen and oxygen atoms in total. The Bertz CT molecular complexity index is 559. The van der Waals surface area contributed by atoms with E-state index in [0.717, 1.165) is 24.1 Å². The molecule has 1 aliphatic rings. The molecule has 1 aliphatic carbocycles. The maximum atomic E-state index is 12.6. The number of hydrogen-bond donors (Lipinski definition) is 2. The normalized spacial score (nSPS) is 20.3. The fraction of sp³-hybridized carbons (Fsp3) is 0.556. The molecule has 2 rings (SSSR count). The second-order valence-electron chi connectivity index (χ2n) is 6.23. The van der Waals surface area contributed by atoms with Crippen LogP contribution in [0.4, 0.5) is 5.69 Å². The van der Waals surface area contributed by atoms with Gasteiger partial charge in [-0.25, -0.2) is 0 Å². The molecule has 2 atom stereocenters. The SMILES string of the molecule is CCCN(CC(=O)Nc1ccccc1C)C(=O)C1CCCC1O. The Morgan fingerprint density at radius 3 is 2.65 bits per heavy atom. The largest absolute Gasteiger partial charge is 0.392 e. The third kappa shape index (κ3) is 4.55. The van der Waals surface area contributed by atoms with E-state index in [0.29, 0.717) is 19.4 Å². The van der Waals surface area contributed by atoms with Crippen LogP contribution in [0.25, 0.3) is 0 Å². The predicted molar refractivity (Wildman–Crippen MR) is 90.0 cm³/mol. The summed E-state index contributed by atoms with van der Waals surface area (Å²) in [6.07, 6.45) is 2.46. The van der Waals surface area contributed by atoms with E-state index in [4.69, 9.17) is 0 Å². The van der Waals surface area contributed by atoms with E-state index in [9.17, 15) is 14.7 Å². The van der Waals surface area contributed by atoms with Crippen molar-refractivity contribution in [3.8, 4) is 0 Å². The molecule has 2 N–H and O–H groups in total. The minimum Gasteiger partial charge on any atom is -0.392 e. The first-order valence-corrected chi connectivity index (χ1v) is 8.35. The molecule has 1 aromatic rings. The van der Waals surface area contributed by atoms with Crippen molar-refractivity contribution < 1.29 is 14.7 Å². The zero-order chi connectivity index (χ0) is 16.8. The van der Waals surface area contributed by atoms with Gasteiger partial charge in [0.2, 0.25) is 11.8 Å². The molecule has 0 aliphatic heterocycles. The lowest BCUT2D eigenvalue weighted by Crippen LogP contribution is -2.43. The summed E-state index contributed by atoms with van der Waals surface area (Å²) in [6.45, 7) is 4.47. The Kier molecular flexibility index (Phi) is 6.16. The third-order valence-corrected chi connectivity index (χ3v) is 4.36. The minimum absolute atomic E-state index is 0.0320. The number of hydrogen-bond acceptors (Lipinski definition) is 3. The average molecular weight is 318 g/mol. The van der Waals surface area contributed by atoms with Gasteiger partial charge < -0.3 is 15.3 Å². The Labute approximate surface area is 137 Å². The second kappa shape index (κ2) is 8.11. The topological polar surface area (TPSA) is 69.6 Å². The van der Waals surface area contributed by atoms with Crippen molar-refractivity contribution in [2.75, 3.05) is 18.4 Å². The first kappa shape index (κ1) is 17.5. The van der Waals surface area contributed by atoms with Crippen LogP contribution < -0.4 is 5.32 Å². The van der Waals surface area contributed by atoms with E-state index in [1.165, 1.54) is 0 Å². The number of carbonyl (C=O) groups is 2. The van der Waals surface area contributed by atoms with Gasteiger partial charge in [-0.05, 0) is 44.2 Å². The van der Waals surface area contributed by atoms with Crippen LogP contribution in [0.3, 0.4) is 0 Å². The van der Waals surface area contributed by atoms with E-state index in [-0.39, 0.29) is 24.3 Å². The molecule has 23 heavy (non-hydrogen) atoms. The number of nitrogens with one attached hydrogen (secondary N) is 1. The van der Waals surface area contributed by atoms with Gasteiger partial charge in [-0.1, -0.05) is 25.1 Å². The van der Waals surface area contributed by atoms with Crippen LogP contribution in [0.2, 0.25) is 0 Å². The predicted octanol–water partition coefficient (Wildman–Crippen LogP) is 2.33. The van der Waals surface area contributed by atoms with Crippen molar-refractivity contribution >= 4 is 17.5 Å². The molecule has 0 saturated heterocycles. The summed E-state index contributed by atoms with van der Waals surface area (Å²) in [7, 11) is 0. The van der Waals surface area contributed by atoms with Gasteiger partial charge in [-0.15, -0.1) is 0 Å². The molecule has 0 spiro atoms. The van der Waals surface area contributed by atoms with Gasteiger partial charge >= 0.3 is 0 Å². The molecule has 0 radical (unpaired) electrons. The van der Waals surface area contributed by atoms with Crippen LogP contribution in [0, 0.1) is 12.8 Å². The highest BCUT2D eigenvalue weighted by Gasteiger charge is 2.34. The van der Waals surface area contributed by atoms with Crippen molar-refractivity contribution in [3.63, 3.8) is 0 Å². The fourth-order valence-electron chi connectivity index (χ4n) is 3.08. The van der Waals surface area contributed by atoms with Gasteiger partial charge in [-0.3, -0.25) is 9.59 Å². The summed E-state index contributed by atoms with van der Waals surface area (Å²) < 4.78 is 0. The maximum Gasteiger partial charge on any atom is 0.244 e.